The number of benzene rings is 1. The van der Waals surface area contributed by atoms with Gasteiger partial charge in [-0.25, -0.2) is 9.97 Å². The summed E-state index contributed by atoms with van der Waals surface area (Å²) in [5, 5.41) is 15.4. The average Bonchev–Trinajstić information content (AvgIpc) is 3.32. The molecule has 0 saturated heterocycles. The fourth-order valence-corrected chi connectivity index (χ4v) is 4.88. The highest BCUT2D eigenvalue weighted by Crippen LogP contribution is 2.37. The molecule has 0 atom stereocenters. The third kappa shape index (κ3) is 4.75. The summed E-state index contributed by atoms with van der Waals surface area (Å²) in [4.78, 5) is 31.1. The van der Waals surface area contributed by atoms with Gasteiger partial charge >= 0.3 is 5.00 Å². The van der Waals surface area contributed by atoms with Crippen LogP contribution in [0.1, 0.15) is 24.2 Å². The second-order valence-electron chi connectivity index (χ2n) is 6.12. The Bertz CT molecular complexity index is 1060. The minimum atomic E-state index is -0.721. The van der Waals surface area contributed by atoms with Crippen LogP contribution in [0.15, 0.2) is 44.5 Å². The third-order valence-corrected chi connectivity index (χ3v) is 6.50. The van der Waals surface area contributed by atoms with E-state index in [1.54, 1.807) is 26.0 Å². The van der Waals surface area contributed by atoms with Crippen LogP contribution in [0.25, 0.3) is 11.3 Å². The highest BCUT2D eigenvalue weighted by atomic mass is 32.2. The number of carbonyl (C=O) groups excluding carboxylic acids is 1. The second-order valence-corrected chi connectivity index (χ2v) is 9.48. The molecule has 1 N–H and O–H groups in total. The number of nitrogens with one attached hydrogen (secondary N) is 1. The van der Waals surface area contributed by atoms with E-state index in [9.17, 15) is 14.9 Å². The van der Waals surface area contributed by atoms with Crippen molar-refractivity contribution in [3.63, 3.8) is 0 Å². The molecule has 0 aliphatic rings. The van der Waals surface area contributed by atoms with Crippen molar-refractivity contribution < 1.29 is 9.72 Å². The molecule has 7 nitrogen and oxygen atoms in total. The van der Waals surface area contributed by atoms with Crippen molar-refractivity contribution in [2.75, 3.05) is 0 Å². The average molecular weight is 431 g/mol. The highest BCUT2D eigenvalue weighted by molar-refractivity contribution is 8.02. The lowest BCUT2D eigenvalue weighted by Crippen LogP contribution is -2.42. The summed E-state index contributed by atoms with van der Waals surface area (Å²) in [6.07, 6.45) is 6.64. The molecule has 0 radical (unpaired) electrons. The first-order valence-electron chi connectivity index (χ1n) is 7.92. The molecule has 0 aliphatic heterocycles. The van der Waals surface area contributed by atoms with Gasteiger partial charge in [-0.1, -0.05) is 18.1 Å². The van der Waals surface area contributed by atoms with Gasteiger partial charge in [-0.15, -0.1) is 17.8 Å². The fourth-order valence-electron chi connectivity index (χ4n) is 2.08. The molecule has 3 rings (SSSR count). The SMILES string of the molecule is C#CC(C)(C)NC(=O)c1ccc(-c2csc(Sc3ncc([N+](=O)[O-])s3)n2)cc1. The number of hydrogen-bond acceptors (Lipinski definition) is 8. The number of nitrogens with zero attached hydrogens (tertiary/aromatic N) is 3. The molecule has 3 aromatic rings. The van der Waals surface area contributed by atoms with Gasteiger partial charge in [0.25, 0.3) is 5.91 Å². The van der Waals surface area contributed by atoms with Gasteiger partial charge in [-0.05, 0) is 49.1 Å². The van der Waals surface area contributed by atoms with Gasteiger partial charge in [0.15, 0.2) is 8.68 Å². The topological polar surface area (TPSA) is 98.0 Å². The van der Waals surface area contributed by atoms with Crippen LogP contribution in [-0.4, -0.2) is 26.3 Å². The molecular weight excluding hydrogens is 416 g/mol. The van der Waals surface area contributed by atoms with Crippen molar-refractivity contribution in [2.24, 2.45) is 0 Å². The molecule has 10 heteroatoms. The predicted octanol–water partition coefficient (Wildman–Crippen LogP) is 4.47. The van der Waals surface area contributed by atoms with Gasteiger partial charge < -0.3 is 5.32 Å². The summed E-state index contributed by atoms with van der Waals surface area (Å²) in [6, 6.07) is 7.06. The van der Waals surface area contributed by atoms with E-state index in [1.165, 1.54) is 29.3 Å². The largest absolute Gasteiger partial charge is 0.344 e. The van der Waals surface area contributed by atoms with E-state index in [0.717, 1.165) is 26.9 Å². The second kappa shape index (κ2) is 8.10. The predicted molar refractivity (Wildman–Crippen MR) is 111 cm³/mol. The molecule has 0 aliphatic carbocycles. The number of carbonyl (C=O) groups is 1. The normalized spacial score (nSPS) is 11.0. The van der Waals surface area contributed by atoms with Crippen LogP contribution < -0.4 is 5.32 Å². The summed E-state index contributed by atoms with van der Waals surface area (Å²) in [6.45, 7) is 3.51. The Hall–Kier alpha value is -2.74. The van der Waals surface area contributed by atoms with Crippen molar-refractivity contribution in [1.29, 1.82) is 0 Å². The number of hydrogen-bond donors (Lipinski definition) is 1. The molecule has 1 amide bonds. The first-order chi connectivity index (χ1) is 13.3. The van der Waals surface area contributed by atoms with E-state index in [0.29, 0.717) is 9.90 Å². The molecule has 2 aromatic heterocycles. The summed E-state index contributed by atoms with van der Waals surface area (Å²) >= 11 is 3.72. The molecule has 0 saturated carbocycles. The number of amides is 1. The molecule has 0 unspecified atom stereocenters. The zero-order valence-corrected chi connectivity index (χ0v) is 17.3. The van der Waals surface area contributed by atoms with E-state index in [1.807, 2.05) is 17.5 Å². The molecule has 142 valence electrons. The third-order valence-electron chi connectivity index (χ3n) is 3.54. The van der Waals surface area contributed by atoms with Crippen LogP contribution in [0, 0.1) is 22.5 Å². The van der Waals surface area contributed by atoms with Crippen molar-refractivity contribution in [3.8, 4) is 23.6 Å². The Labute approximate surface area is 173 Å². The van der Waals surface area contributed by atoms with Crippen molar-refractivity contribution in [1.82, 2.24) is 15.3 Å². The summed E-state index contributed by atoms with van der Waals surface area (Å²) in [5.41, 5.74) is 1.41. The van der Waals surface area contributed by atoms with E-state index < -0.39 is 10.5 Å². The van der Waals surface area contributed by atoms with Gasteiger partial charge in [0.05, 0.1) is 16.2 Å². The van der Waals surface area contributed by atoms with E-state index in [2.05, 4.69) is 21.2 Å². The van der Waals surface area contributed by atoms with E-state index >= 15 is 0 Å². The van der Waals surface area contributed by atoms with Gasteiger partial charge in [0.2, 0.25) is 0 Å². The monoisotopic (exact) mass is 430 g/mol. The van der Waals surface area contributed by atoms with Crippen LogP contribution in [0.2, 0.25) is 0 Å². The summed E-state index contributed by atoms with van der Waals surface area (Å²) < 4.78 is 1.30. The van der Waals surface area contributed by atoms with Crippen molar-refractivity contribution >= 4 is 45.3 Å². The smallest absolute Gasteiger partial charge is 0.336 e. The maximum atomic E-state index is 12.2. The Morgan fingerprint density at radius 2 is 2.04 bits per heavy atom. The molecule has 28 heavy (non-hydrogen) atoms. The fraction of sp³-hybridized carbons (Fsp3) is 0.167. The zero-order chi connectivity index (χ0) is 20.3. The first-order valence-corrected chi connectivity index (χ1v) is 10.4. The van der Waals surface area contributed by atoms with E-state index in [4.69, 9.17) is 6.42 Å². The maximum absolute atomic E-state index is 12.2. The molecule has 0 fully saturated rings. The number of thiazole rings is 2. The quantitative estimate of drug-likeness (QED) is 0.352. The van der Waals surface area contributed by atoms with Gasteiger partial charge in [-0.2, -0.15) is 0 Å². The summed E-state index contributed by atoms with van der Waals surface area (Å²) in [5.74, 6) is 2.28. The van der Waals surface area contributed by atoms with Gasteiger partial charge in [-0.3, -0.25) is 14.9 Å². The Kier molecular flexibility index (Phi) is 5.79. The molecule has 0 bridgehead atoms. The van der Waals surface area contributed by atoms with Gasteiger partial charge in [0.1, 0.15) is 6.20 Å². The lowest BCUT2D eigenvalue weighted by molar-refractivity contribution is -0.380. The lowest BCUT2D eigenvalue weighted by atomic mass is 10.1. The van der Waals surface area contributed by atoms with Gasteiger partial charge in [0, 0.05) is 16.5 Å². The number of aromatic nitrogens is 2. The highest BCUT2D eigenvalue weighted by Gasteiger charge is 2.18. The Morgan fingerprint density at radius 1 is 1.32 bits per heavy atom. The van der Waals surface area contributed by atoms with Crippen molar-refractivity contribution in [2.45, 2.75) is 28.1 Å². The number of terminal acetylenes is 1. The summed E-state index contributed by atoms with van der Waals surface area (Å²) in [7, 11) is 0. The number of rotatable bonds is 6. The Balaban J connectivity index is 1.70. The first kappa shape index (κ1) is 20.0. The minimum absolute atomic E-state index is 0.00107. The van der Waals surface area contributed by atoms with Crippen LogP contribution in [0.5, 0.6) is 0 Å². The van der Waals surface area contributed by atoms with E-state index in [-0.39, 0.29) is 10.9 Å². The molecule has 2 heterocycles. The standard InChI is InChI=1S/C18H14N4O3S3/c1-4-18(2,3)21-15(23)12-7-5-11(6-8-12)13-10-26-17(20-13)28-16-19-9-14(27-16)22(24)25/h1,5-10H,2-3H3,(H,21,23). The molecular formula is C18H14N4O3S3. The van der Waals surface area contributed by atoms with Crippen LogP contribution in [0.4, 0.5) is 5.00 Å². The lowest BCUT2D eigenvalue weighted by Gasteiger charge is -2.19. The van der Waals surface area contributed by atoms with Crippen molar-refractivity contribution in [3.05, 3.63) is 51.5 Å². The minimum Gasteiger partial charge on any atom is -0.336 e. The molecule has 1 aromatic carbocycles. The van der Waals surface area contributed by atoms with Crippen LogP contribution in [0.3, 0.4) is 0 Å². The van der Waals surface area contributed by atoms with Crippen LogP contribution >= 0.6 is 34.4 Å². The number of nitro groups is 1. The maximum Gasteiger partial charge on any atom is 0.344 e. The zero-order valence-electron chi connectivity index (χ0n) is 14.8. The Morgan fingerprint density at radius 3 is 2.64 bits per heavy atom. The molecule has 0 spiro atoms. The van der Waals surface area contributed by atoms with Crippen LogP contribution in [-0.2, 0) is 0 Å².